The monoisotopic (exact) mass is 490 g/mol. The van der Waals surface area contributed by atoms with Gasteiger partial charge in [0.15, 0.2) is 11.6 Å². The van der Waals surface area contributed by atoms with Crippen LogP contribution in [0, 0.1) is 18.6 Å². The van der Waals surface area contributed by atoms with E-state index < -0.39 is 17.2 Å². The SMILES string of the molecule is Cc1cc2c(c(F)c1F)C1(CCN(CCCNC(=O)C(c3ccccc3)c3ccccc3)CC1)OC2. The van der Waals surface area contributed by atoms with Gasteiger partial charge >= 0.3 is 0 Å². The molecule has 1 fully saturated rings. The summed E-state index contributed by atoms with van der Waals surface area (Å²) in [4.78, 5) is 15.5. The molecule has 1 spiro atoms. The Balaban J connectivity index is 1.14. The summed E-state index contributed by atoms with van der Waals surface area (Å²) < 4.78 is 35.2. The molecule has 3 aromatic rings. The molecule has 4 nitrogen and oxygen atoms in total. The van der Waals surface area contributed by atoms with Crippen molar-refractivity contribution in [2.45, 2.75) is 44.3 Å². The number of nitrogens with one attached hydrogen (secondary N) is 1. The van der Waals surface area contributed by atoms with Gasteiger partial charge in [0.25, 0.3) is 0 Å². The fraction of sp³-hybridized carbons (Fsp3) is 0.367. The van der Waals surface area contributed by atoms with Crippen LogP contribution >= 0.6 is 0 Å². The van der Waals surface area contributed by atoms with Gasteiger partial charge in [-0.05, 0) is 55.0 Å². The summed E-state index contributed by atoms with van der Waals surface area (Å²) >= 11 is 0. The molecule has 0 radical (unpaired) electrons. The van der Waals surface area contributed by atoms with Gasteiger partial charge in [0.2, 0.25) is 5.91 Å². The van der Waals surface area contributed by atoms with Crippen LogP contribution in [0.25, 0.3) is 0 Å². The van der Waals surface area contributed by atoms with Crippen molar-refractivity contribution in [3.63, 3.8) is 0 Å². The van der Waals surface area contributed by atoms with E-state index >= 15 is 0 Å². The summed E-state index contributed by atoms with van der Waals surface area (Å²) in [7, 11) is 0. The minimum Gasteiger partial charge on any atom is -0.365 e. The highest BCUT2D eigenvalue weighted by Gasteiger charge is 2.45. The van der Waals surface area contributed by atoms with Gasteiger partial charge in [0.1, 0.15) is 0 Å². The Kier molecular flexibility index (Phi) is 7.17. The second-order valence-corrected chi connectivity index (χ2v) is 9.88. The van der Waals surface area contributed by atoms with Crippen LogP contribution in [0.3, 0.4) is 0 Å². The van der Waals surface area contributed by atoms with Gasteiger partial charge < -0.3 is 15.0 Å². The number of piperidine rings is 1. The van der Waals surface area contributed by atoms with Crippen LogP contribution in [-0.4, -0.2) is 37.0 Å². The number of hydrogen-bond acceptors (Lipinski definition) is 3. The molecular formula is C30H32F2N2O2. The highest BCUT2D eigenvalue weighted by Crippen LogP contribution is 2.46. The number of fused-ring (bicyclic) bond motifs is 2. The summed E-state index contributed by atoms with van der Waals surface area (Å²) in [5.41, 5.74) is 2.74. The normalized spacial score (nSPS) is 16.9. The lowest BCUT2D eigenvalue weighted by Gasteiger charge is -2.39. The third kappa shape index (κ3) is 4.80. The van der Waals surface area contributed by atoms with Gasteiger partial charge in [-0.1, -0.05) is 66.7 Å². The number of rotatable bonds is 7. The summed E-state index contributed by atoms with van der Waals surface area (Å²) in [5.74, 6) is -1.86. The summed E-state index contributed by atoms with van der Waals surface area (Å²) in [6.45, 7) is 4.83. The summed E-state index contributed by atoms with van der Waals surface area (Å²) in [6.07, 6.45) is 2.08. The molecule has 3 aromatic carbocycles. The molecule has 1 N–H and O–H groups in total. The van der Waals surface area contributed by atoms with Crippen molar-refractivity contribution in [3.05, 3.63) is 106 Å². The molecule has 0 aromatic heterocycles. The first kappa shape index (κ1) is 24.6. The van der Waals surface area contributed by atoms with Crippen molar-refractivity contribution in [1.82, 2.24) is 10.2 Å². The van der Waals surface area contributed by atoms with E-state index in [1.807, 2.05) is 60.7 Å². The molecule has 2 heterocycles. The lowest BCUT2D eigenvalue weighted by molar-refractivity contribution is -0.121. The Morgan fingerprint density at radius 3 is 2.22 bits per heavy atom. The quantitative estimate of drug-likeness (QED) is 0.449. The van der Waals surface area contributed by atoms with Gasteiger partial charge in [0, 0.05) is 25.2 Å². The Bertz CT molecular complexity index is 1170. The molecule has 0 unspecified atom stereocenters. The standard InChI is InChI=1S/C30H32F2N2O2/c1-21-19-24-20-36-30(26(24)28(32)27(21)31)13-17-34(18-14-30)16-8-15-33-29(35)25(22-9-4-2-5-10-22)23-11-6-3-7-12-23/h2-7,9-12,19,25H,8,13-18,20H2,1H3,(H,33,35). The van der Waals surface area contributed by atoms with Gasteiger partial charge in [-0.15, -0.1) is 0 Å². The van der Waals surface area contributed by atoms with Crippen LogP contribution in [-0.2, 0) is 21.7 Å². The second kappa shape index (κ2) is 10.5. The average molecular weight is 491 g/mol. The van der Waals surface area contributed by atoms with Crippen LogP contribution in [0.4, 0.5) is 8.78 Å². The highest BCUT2D eigenvalue weighted by molar-refractivity contribution is 5.87. The van der Waals surface area contributed by atoms with E-state index in [1.165, 1.54) is 0 Å². The van der Waals surface area contributed by atoms with Crippen LogP contribution in [0.1, 0.15) is 53.0 Å². The zero-order chi connectivity index (χ0) is 25.1. The summed E-state index contributed by atoms with van der Waals surface area (Å²) in [5, 5.41) is 3.12. The number of nitrogens with zero attached hydrogens (tertiary/aromatic N) is 1. The number of benzene rings is 3. The zero-order valence-corrected chi connectivity index (χ0v) is 20.6. The predicted molar refractivity (Wildman–Crippen MR) is 136 cm³/mol. The number of ether oxygens (including phenoxy) is 1. The lowest BCUT2D eigenvalue weighted by atomic mass is 9.82. The molecule has 5 rings (SSSR count). The Morgan fingerprint density at radius 1 is 1.00 bits per heavy atom. The molecule has 2 aliphatic heterocycles. The van der Waals surface area contributed by atoms with E-state index in [9.17, 15) is 13.6 Å². The zero-order valence-electron chi connectivity index (χ0n) is 20.6. The topological polar surface area (TPSA) is 41.6 Å². The fourth-order valence-electron chi connectivity index (χ4n) is 5.65. The number of carbonyl (C=O) groups excluding carboxylic acids is 1. The van der Waals surface area contributed by atoms with Crippen molar-refractivity contribution >= 4 is 5.91 Å². The Morgan fingerprint density at radius 2 is 1.61 bits per heavy atom. The van der Waals surface area contributed by atoms with Gasteiger partial charge in [-0.2, -0.15) is 0 Å². The maximum absolute atomic E-state index is 14.8. The molecule has 1 saturated heterocycles. The van der Waals surface area contributed by atoms with Crippen LogP contribution < -0.4 is 5.32 Å². The fourth-order valence-corrected chi connectivity index (χ4v) is 5.65. The molecular weight excluding hydrogens is 458 g/mol. The average Bonchev–Trinajstić information content (AvgIpc) is 3.25. The van der Waals surface area contributed by atoms with Crippen molar-refractivity contribution in [2.24, 2.45) is 0 Å². The molecule has 2 aliphatic rings. The third-order valence-corrected chi connectivity index (χ3v) is 7.57. The highest BCUT2D eigenvalue weighted by atomic mass is 19.2. The smallest absolute Gasteiger partial charge is 0.232 e. The van der Waals surface area contributed by atoms with Gasteiger partial charge in [-0.25, -0.2) is 8.78 Å². The predicted octanol–water partition coefficient (Wildman–Crippen LogP) is 5.43. The van der Waals surface area contributed by atoms with Crippen LogP contribution in [0.15, 0.2) is 66.7 Å². The van der Waals surface area contributed by atoms with E-state index in [1.54, 1.807) is 13.0 Å². The third-order valence-electron chi connectivity index (χ3n) is 7.57. The largest absolute Gasteiger partial charge is 0.365 e. The number of carbonyl (C=O) groups is 1. The molecule has 0 bridgehead atoms. The molecule has 188 valence electrons. The Labute approximate surface area is 211 Å². The number of aryl methyl sites for hydroxylation is 1. The lowest BCUT2D eigenvalue weighted by Crippen LogP contribution is -2.44. The minimum atomic E-state index is -0.763. The van der Waals surface area contributed by atoms with Crippen molar-refractivity contribution in [2.75, 3.05) is 26.2 Å². The summed E-state index contributed by atoms with van der Waals surface area (Å²) in [6, 6.07) is 21.4. The number of hydrogen-bond donors (Lipinski definition) is 1. The van der Waals surface area contributed by atoms with Crippen molar-refractivity contribution in [3.8, 4) is 0 Å². The number of likely N-dealkylation sites (tertiary alicyclic amines) is 1. The minimum absolute atomic E-state index is 0.00578. The molecule has 6 heteroatoms. The Hall–Kier alpha value is -3.09. The van der Waals surface area contributed by atoms with E-state index in [-0.39, 0.29) is 11.8 Å². The first-order chi connectivity index (χ1) is 17.5. The maximum Gasteiger partial charge on any atom is 0.232 e. The van der Waals surface area contributed by atoms with Crippen molar-refractivity contribution < 1.29 is 18.3 Å². The van der Waals surface area contributed by atoms with Gasteiger partial charge in [0.05, 0.1) is 18.1 Å². The van der Waals surface area contributed by atoms with Crippen LogP contribution in [0.5, 0.6) is 0 Å². The van der Waals surface area contributed by atoms with E-state index in [2.05, 4.69) is 10.2 Å². The van der Waals surface area contributed by atoms with E-state index in [4.69, 9.17) is 4.74 Å². The number of halogens is 2. The van der Waals surface area contributed by atoms with E-state index in [0.717, 1.165) is 42.7 Å². The molecule has 0 aliphatic carbocycles. The van der Waals surface area contributed by atoms with Gasteiger partial charge in [-0.3, -0.25) is 4.79 Å². The second-order valence-electron chi connectivity index (χ2n) is 9.88. The first-order valence-electron chi connectivity index (χ1n) is 12.7. The number of amides is 1. The van der Waals surface area contributed by atoms with Crippen LogP contribution in [0.2, 0.25) is 0 Å². The maximum atomic E-state index is 14.8. The van der Waals surface area contributed by atoms with Crippen molar-refractivity contribution in [1.29, 1.82) is 0 Å². The molecule has 0 atom stereocenters. The molecule has 36 heavy (non-hydrogen) atoms. The molecule has 0 saturated carbocycles. The molecule has 1 amide bonds. The van der Waals surface area contributed by atoms with E-state index in [0.29, 0.717) is 37.1 Å². The first-order valence-corrected chi connectivity index (χ1v) is 12.7.